The number of carbonyl (C=O) groups is 2. The van der Waals surface area contributed by atoms with Crippen molar-refractivity contribution in [3.05, 3.63) is 77.7 Å². The molecule has 0 saturated heterocycles. The van der Waals surface area contributed by atoms with Crippen molar-refractivity contribution in [1.82, 2.24) is 14.5 Å². The molecule has 4 rings (SSSR count). The molecule has 1 amide bonds. The van der Waals surface area contributed by atoms with Gasteiger partial charge in [0, 0.05) is 24.1 Å². The van der Waals surface area contributed by atoms with Gasteiger partial charge in [-0.3, -0.25) is 4.79 Å². The van der Waals surface area contributed by atoms with E-state index in [9.17, 15) is 22.8 Å². The van der Waals surface area contributed by atoms with Gasteiger partial charge in [-0.25, -0.2) is 14.8 Å². The molecule has 0 aliphatic rings. The van der Waals surface area contributed by atoms with Crippen LogP contribution in [0.2, 0.25) is 0 Å². The summed E-state index contributed by atoms with van der Waals surface area (Å²) in [6, 6.07) is 10.8. The van der Waals surface area contributed by atoms with Gasteiger partial charge in [0.1, 0.15) is 11.4 Å². The number of esters is 1. The van der Waals surface area contributed by atoms with Crippen LogP contribution in [0.5, 0.6) is 11.8 Å². The number of nitrogens with one attached hydrogen (secondary N) is 1. The van der Waals surface area contributed by atoms with Crippen LogP contribution in [0.25, 0.3) is 10.9 Å². The molecule has 0 saturated carbocycles. The Kier molecular flexibility index (Phi) is 6.41. The fraction of sp³-hybridized carbons (Fsp3) is 0.167. The maximum Gasteiger partial charge on any atom is 0.416 e. The lowest BCUT2D eigenvalue weighted by molar-refractivity contribution is -0.137. The predicted molar refractivity (Wildman–Crippen MR) is 120 cm³/mol. The quantitative estimate of drug-likeness (QED) is 0.378. The Labute approximate surface area is 197 Å². The summed E-state index contributed by atoms with van der Waals surface area (Å²) in [7, 11) is 1.74. The number of hydrogen-bond acceptors (Lipinski definition) is 6. The Morgan fingerprint density at radius 3 is 2.34 bits per heavy atom. The van der Waals surface area contributed by atoms with Gasteiger partial charge >= 0.3 is 18.2 Å². The van der Waals surface area contributed by atoms with Crippen LogP contribution >= 0.6 is 0 Å². The Morgan fingerprint density at radius 1 is 1.03 bits per heavy atom. The molecule has 0 radical (unpaired) electrons. The van der Waals surface area contributed by atoms with Gasteiger partial charge in [0.25, 0.3) is 5.91 Å². The zero-order valence-corrected chi connectivity index (χ0v) is 18.6. The average molecular weight is 484 g/mol. The number of ether oxygens (including phenoxy) is 2. The summed E-state index contributed by atoms with van der Waals surface area (Å²) in [4.78, 5) is 32.5. The van der Waals surface area contributed by atoms with E-state index in [2.05, 4.69) is 15.3 Å². The topological polar surface area (TPSA) is 95.3 Å². The molecule has 35 heavy (non-hydrogen) atoms. The highest BCUT2D eigenvalue weighted by Gasteiger charge is 2.30. The fourth-order valence-electron chi connectivity index (χ4n) is 3.33. The Balaban J connectivity index is 1.44. The number of carbonyl (C=O) groups excluding carboxylic acids is 2. The molecule has 0 aliphatic carbocycles. The average Bonchev–Trinajstić information content (AvgIpc) is 3.16. The number of rotatable bonds is 6. The number of hydrogen-bond donors (Lipinski definition) is 1. The number of alkyl halides is 3. The summed E-state index contributed by atoms with van der Waals surface area (Å²) < 4.78 is 50.4. The monoisotopic (exact) mass is 484 g/mol. The summed E-state index contributed by atoms with van der Waals surface area (Å²) in [6.07, 6.45) is -1.86. The molecule has 1 N–H and O–H groups in total. The van der Waals surface area contributed by atoms with Crippen LogP contribution in [0.3, 0.4) is 0 Å². The Hall–Kier alpha value is -4.41. The molecule has 2 aromatic heterocycles. The molecular formula is C24H19F3N4O4. The van der Waals surface area contributed by atoms with E-state index in [4.69, 9.17) is 9.47 Å². The minimum absolute atomic E-state index is 0.0108. The lowest BCUT2D eigenvalue weighted by Gasteiger charge is -2.09. The summed E-state index contributed by atoms with van der Waals surface area (Å²) in [5, 5.41) is 3.34. The first-order valence-electron chi connectivity index (χ1n) is 10.4. The molecule has 0 unspecified atom stereocenters. The summed E-state index contributed by atoms with van der Waals surface area (Å²) in [5.74, 6) is -0.607. The maximum atomic E-state index is 12.7. The first kappa shape index (κ1) is 23.7. The van der Waals surface area contributed by atoms with Crippen LogP contribution in [0, 0.1) is 0 Å². The molecule has 0 aliphatic heterocycles. The number of halogens is 3. The van der Waals surface area contributed by atoms with E-state index in [1.165, 1.54) is 12.4 Å². The highest BCUT2D eigenvalue weighted by Crippen LogP contribution is 2.29. The van der Waals surface area contributed by atoms with Crippen LogP contribution in [0.4, 0.5) is 18.9 Å². The van der Waals surface area contributed by atoms with E-state index in [0.717, 1.165) is 35.2 Å². The molecule has 0 fully saturated rings. The minimum Gasteiger partial charge on any atom is -0.461 e. The van der Waals surface area contributed by atoms with Crippen molar-refractivity contribution in [2.75, 3.05) is 11.9 Å². The summed E-state index contributed by atoms with van der Waals surface area (Å²) in [5.41, 5.74) is 0.592. The van der Waals surface area contributed by atoms with Gasteiger partial charge in [0.05, 0.1) is 35.8 Å². The predicted octanol–water partition coefficient (Wildman–Crippen LogP) is 5.21. The lowest BCUT2D eigenvalue weighted by atomic mass is 10.1. The zero-order valence-electron chi connectivity index (χ0n) is 18.6. The van der Waals surface area contributed by atoms with Gasteiger partial charge in [-0.15, -0.1) is 0 Å². The third-order valence-electron chi connectivity index (χ3n) is 5.07. The standard InChI is InChI=1S/C24H19F3N4O4/c1-3-34-22(33)20-10-15-6-9-18(11-19(15)31(20)2)35-23-28-12-17(13-29-23)30-21(32)14-4-7-16(8-5-14)24(25,26)27/h4-13H,3H2,1-2H3,(H,30,32). The second-order valence-corrected chi connectivity index (χ2v) is 7.42. The van der Waals surface area contributed by atoms with Crippen LogP contribution < -0.4 is 10.1 Å². The highest BCUT2D eigenvalue weighted by molar-refractivity contribution is 6.04. The summed E-state index contributed by atoms with van der Waals surface area (Å²) >= 11 is 0. The molecule has 8 nitrogen and oxygen atoms in total. The van der Waals surface area contributed by atoms with Crippen LogP contribution in [0.15, 0.2) is 60.9 Å². The van der Waals surface area contributed by atoms with Crippen molar-refractivity contribution in [2.45, 2.75) is 13.1 Å². The molecule has 2 heterocycles. The van der Waals surface area contributed by atoms with E-state index in [-0.39, 0.29) is 23.9 Å². The molecule has 2 aromatic carbocycles. The first-order valence-corrected chi connectivity index (χ1v) is 10.4. The number of amides is 1. The van der Waals surface area contributed by atoms with Crippen molar-refractivity contribution in [3.8, 4) is 11.8 Å². The largest absolute Gasteiger partial charge is 0.461 e. The minimum atomic E-state index is -4.48. The molecule has 0 spiro atoms. The van der Waals surface area contributed by atoms with Crippen LogP contribution in [0.1, 0.15) is 33.3 Å². The van der Waals surface area contributed by atoms with Crippen molar-refractivity contribution in [2.24, 2.45) is 7.05 Å². The van der Waals surface area contributed by atoms with Crippen molar-refractivity contribution in [1.29, 1.82) is 0 Å². The zero-order chi connectivity index (χ0) is 25.2. The highest BCUT2D eigenvalue weighted by atomic mass is 19.4. The number of benzene rings is 2. The molecular weight excluding hydrogens is 465 g/mol. The second kappa shape index (κ2) is 9.45. The SMILES string of the molecule is CCOC(=O)c1cc2ccc(Oc3ncc(NC(=O)c4ccc(C(F)(F)F)cc4)cn3)cc2n1C. The summed E-state index contributed by atoms with van der Waals surface area (Å²) in [6.45, 7) is 2.00. The second-order valence-electron chi connectivity index (χ2n) is 7.42. The van der Waals surface area contributed by atoms with Gasteiger partial charge in [-0.1, -0.05) is 0 Å². The number of fused-ring (bicyclic) bond motifs is 1. The van der Waals surface area contributed by atoms with Crippen molar-refractivity contribution >= 4 is 28.5 Å². The number of nitrogens with zero attached hydrogens (tertiary/aromatic N) is 3. The molecule has 180 valence electrons. The van der Waals surface area contributed by atoms with E-state index >= 15 is 0 Å². The maximum absolute atomic E-state index is 12.7. The molecule has 4 aromatic rings. The number of aromatic nitrogens is 3. The molecule has 0 atom stereocenters. The van der Waals surface area contributed by atoms with Gasteiger partial charge in [0.2, 0.25) is 0 Å². The van der Waals surface area contributed by atoms with Crippen molar-refractivity contribution < 1.29 is 32.2 Å². The normalized spacial score (nSPS) is 11.3. The number of aryl methyl sites for hydroxylation is 1. The van der Waals surface area contributed by atoms with Crippen LogP contribution in [-0.2, 0) is 18.0 Å². The lowest BCUT2D eigenvalue weighted by Crippen LogP contribution is -2.13. The van der Waals surface area contributed by atoms with Gasteiger partial charge in [-0.05, 0) is 49.4 Å². The van der Waals surface area contributed by atoms with Crippen LogP contribution in [-0.4, -0.2) is 33.0 Å². The van der Waals surface area contributed by atoms with E-state index < -0.39 is 23.6 Å². The Bertz CT molecular complexity index is 1380. The van der Waals surface area contributed by atoms with E-state index in [1.807, 2.05) is 0 Å². The van der Waals surface area contributed by atoms with Gasteiger partial charge in [-0.2, -0.15) is 13.2 Å². The fourth-order valence-corrected chi connectivity index (χ4v) is 3.33. The van der Waals surface area contributed by atoms with E-state index in [1.54, 1.807) is 42.8 Å². The first-order chi connectivity index (χ1) is 16.7. The van der Waals surface area contributed by atoms with E-state index in [0.29, 0.717) is 11.4 Å². The van der Waals surface area contributed by atoms with Gasteiger partial charge in [0.15, 0.2) is 0 Å². The van der Waals surface area contributed by atoms with Gasteiger partial charge < -0.3 is 19.4 Å². The molecule has 0 bridgehead atoms. The number of anilines is 1. The molecule has 11 heteroatoms. The third-order valence-corrected chi connectivity index (χ3v) is 5.07. The van der Waals surface area contributed by atoms with Crippen molar-refractivity contribution in [3.63, 3.8) is 0 Å². The smallest absolute Gasteiger partial charge is 0.416 e. The third kappa shape index (κ3) is 5.24. The Morgan fingerprint density at radius 2 is 1.71 bits per heavy atom.